The summed E-state index contributed by atoms with van der Waals surface area (Å²) in [6.07, 6.45) is 1.85. The first kappa shape index (κ1) is 13.5. The van der Waals surface area contributed by atoms with Crippen LogP contribution in [0.3, 0.4) is 0 Å². The number of carbonyl (C=O) groups excluding carboxylic acids is 1. The van der Waals surface area contributed by atoms with Crippen molar-refractivity contribution in [3.63, 3.8) is 0 Å². The predicted molar refractivity (Wildman–Crippen MR) is 64.0 cm³/mol. The number of nitrogens with two attached hydrogens (primary N) is 1. The van der Waals surface area contributed by atoms with E-state index < -0.39 is 0 Å². The third-order valence-corrected chi connectivity index (χ3v) is 3.22. The lowest BCUT2D eigenvalue weighted by Crippen LogP contribution is -2.39. The number of carbonyl (C=O) groups is 1. The summed E-state index contributed by atoms with van der Waals surface area (Å²) in [4.78, 5) is 14.0. The Balaban J connectivity index is 2.42. The summed E-state index contributed by atoms with van der Waals surface area (Å²) >= 11 is 0. The average Bonchev–Trinajstić information content (AvgIpc) is 2.78. The van der Waals surface area contributed by atoms with Gasteiger partial charge in [-0.3, -0.25) is 4.79 Å². The maximum Gasteiger partial charge on any atom is 0.225 e. The Labute approximate surface area is 98.1 Å². The van der Waals surface area contributed by atoms with Gasteiger partial charge in [0.2, 0.25) is 5.91 Å². The van der Waals surface area contributed by atoms with Crippen molar-refractivity contribution in [2.24, 2.45) is 17.6 Å². The van der Waals surface area contributed by atoms with Crippen LogP contribution in [-0.2, 0) is 9.53 Å². The Morgan fingerprint density at radius 3 is 2.88 bits per heavy atom. The Morgan fingerprint density at radius 2 is 2.38 bits per heavy atom. The number of ether oxygens (including phenoxy) is 1. The van der Waals surface area contributed by atoms with Crippen LogP contribution in [0.2, 0.25) is 0 Å². The van der Waals surface area contributed by atoms with Crippen molar-refractivity contribution in [3.8, 4) is 0 Å². The lowest BCUT2D eigenvalue weighted by molar-refractivity contribution is -0.135. The molecule has 4 nitrogen and oxygen atoms in total. The molecule has 0 aromatic rings. The Kier molecular flexibility index (Phi) is 5.77. The molecule has 0 aliphatic carbocycles. The molecule has 0 radical (unpaired) electrons. The topological polar surface area (TPSA) is 55.6 Å². The molecule has 1 heterocycles. The van der Waals surface area contributed by atoms with E-state index in [0.717, 1.165) is 39.1 Å². The van der Waals surface area contributed by atoms with Gasteiger partial charge >= 0.3 is 0 Å². The summed E-state index contributed by atoms with van der Waals surface area (Å²) in [5.74, 6) is 0.807. The lowest BCUT2D eigenvalue weighted by Gasteiger charge is -2.26. The molecule has 4 heteroatoms. The van der Waals surface area contributed by atoms with E-state index in [1.807, 2.05) is 18.7 Å². The molecule has 0 spiro atoms. The fourth-order valence-electron chi connectivity index (χ4n) is 2.10. The first-order chi connectivity index (χ1) is 7.69. The standard InChI is InChI=1S/C12H24N2O2/c1-3-14(8-11-5-7-16-9-11)12(15)10(2)4-6-13/h10-11H,3-9,13H2,1-2H3. The molecule has 2 unspecified atom stereocenters. The number of rotatable bonds is 6. The zero-order valence-corrected chi connectivity index (χ0v) is 10.4. The third kappa shape index (κ3) is 3.76. The number of nitrogens with zero attached hydrogens (tertiary/aromatic N) is 1. The third-order valence-electron chi connectivity index (χ3n) is 3.22. The summed E-state index contributed by atoms with van der Waals surface area (Å²) in [7, 11) is 0. The monoisotopic (exact) mass is 228 g/mol. The van der Waals surface area contributed by atoms with E-state index in [0.29, 0.717) is 12.5 Å². The highest BCUT2D eigenvalue weighted by Gasteiger charge is 2.24. The van der Waals surface area contributed by atoms with E-state index in [-0.39, 0.29) is 11.8 Å². The van der Waals surface area contributed by atoms with E-state index in [1.165, 1.54) is 0 Å². The zero-order chi connectivity index (χ0) is 12.0. The van der Waals surface area contributed by atoms with Crippen molar-refractivity contribution in [2.75, 3.05) is 32.8 Å². The van der Waals surface area contributed by atoms with Gasteiger partial charge in [-0.2, -0.15) is 0 Å². The van der Waals surface area contributed by atoms with E-state index >= 15 is 0 Å². The predicted octanol–water partition coefficient (Wildman–Crippen LogP) is 0.856. The molecule has 0 saturated carbocycles. The van der Waals surface area contributed by atoms with Crippen LogP contribution < -0.4 is 5.73 Å². The van der Waals surface area contributed by atoms with Crippen molar-refractivity contribution in [3.05, 3.63) is 0 Å². The first-order valence-electron chi connectivity index (χ1n) is 6.25. The van der Waals surface area contributed by atoms with Gasteiger partial charge in [-0.05, 0) is 26.3 Å². The molecule has 94 valence electrons. The van der Waals surface area contributed by atoms with Gasteiger partial charge in [0.25, 0.3) is 0 Å². The molecule has 1 aliphatic rings. The summed E-state index contributed by atoms with van der Waals surface area (Å²) in [6.45, 7) is 7.83. The van der Waals surface area contributed by atoms with Crippen molar-refractivity contribution in [1.29, 1.82) is 0 Å². The van der Waals surface area contributed by atoms with E-state index in [4.69, 9.17) is 10.5 Å². The molecule has 1 saturated heterocycles. The molecule has 0 aromatic carbocycles. The zero-order valence-electron chi connectivity index (χ0n) is 10.4. The molecule has 0 bridgehead atoms. The average molecular weight is 228 g/mol. The molecule has 1 amide bonds. The van der Waals surface area contributed by atoms with E-state index in [9.17, 15) is 4.79 Å². The Hall–Kier alpha value is -0.610. The largest absolute Gasteiger partial charge is 0.381 e. The molecular formula is C12H24N2O2. The molecule has 1 aliphatic heterocycles. The van der Waals surface area contributed by atoms with Crippen LogP contribution in [0.4, 0.5) is 0 Å². The van der Waals surface area contributed by atoms with Gasteiger partial charge in [0.15, 0.2) is 0 Å². The van der Waals surface area contributed by atoms with Crippen LogP contribution >= 0.6 is 0 Å². The second-order valence-electron chi connectivity index (χ2n) is 4.58. The minimum Gasteiger partial charge on any atom is -0.381 e. The maximum atomic E-state index is 12.1. The summed E-state index contributed by atoms with van der Waals surface area (Å²) < 4.78 is 5.33. The van der Waals surface area contributed by atoms with Gasteiger partial charge in [0.1, 0.15) is 0 Å². The number of hydrogen-bond donors (Lipinski definition) is 1. The molecular weight excluding hydrogens is 204 g/mol. The highest BCUT2D eigenvalue weighted by atomic mass is 16.5. The minimum absolute atomic E-state index is 0.0484. The van der Waals surface area contributed by atoms with Crippen LogP contribution in [0.25, 0.3) is 0 Å². The van der Waals surface area contributed by atoms with Crippen LogP contribution in [0.1, 0.15) is 26.7 Å². The van der Waals surface area contributed by atoms with Crippen LogP contribution in [0.15, 0.2) is 0 Å². The van der Waals surface area contributed by atoms with Gasteiger partial charge in [-0.25, -0.2) is 0 Å². The number of hydrogen-bond acceptors (Lipinski definition) is 3. The summed E-state index contributed by atoms with van der Waals surface area (Å²) in [5.41, 5.74) is 5.48. The fourth-order valence-corrected chi connectivity index (χ4v) is 2.10. The second-order valence-corrected chi connectivity index (χ2v) is 4.58. The quantitative estimate of drug-likeness (QED) is 0.733. The van der Waals surface area contributed by atoms with Crippen LogP contribution in [0, 0.1) is 11.8 Å². The van der Waals surface area contributed by atoms with Crippen molar-refractivity contribution >= 4 is 5.91 Å². The minimum atomic E-state index is 0.0484. The van der Waals surface area contributed by atoms with Crippen LogP contribution in [0.5, 0.6) is 0 Å². The molecule has 16 heavy (non-hydrogen) atoms. The van der Waals surface area contributed by atoms with Gasteiger partial charge in [-0.1, -0.05) is 6.92 Å². The number of amides is 1. The fraction of sp³-hybridized carbons (Fsp3) is 0.917. The van der Waals surface area contributed by atoms with E-state index in [2.05, 4.69) is 0 Å². The maximum absolute atomic E-state index is 12.1. The Morgan fingerprint density at radius 1 is 1.62 bits per heavy atom. The molecule has 2 atom stereocenters. The van der Waals surface area contributed by atoms with Gasteiger partial charge in [0, 0.05) is 31.5 Å². The lowest BCUT2D eigenvalue weighted by atomic mass is 10.0. The highest BCUT2D eigenvalue weighted by Crippen LogP contribution is 2.16. The smallest absolute Gasteiger partial charge is 0.225 e. The molecule has 0 aromatic heterocycles. The first-order valence-corrected chi connectivity index (χ1v) is 6.25. The molecule has 1 fully saturated rings. The highest BCUT2D eigenvalue weighted by molar-refractivity contribution is 5.78. The van der Waals surface area contributed by atoms with Gasteiger partial charge < -0.3 is 15.4 Å². The van der Waals surface area contributed by atoms with Crippen molar-refractivity contribution in [1.82, 2.24) is 4.90 Å². The molecule has 2 N–H and O–H groups in total. The molecule has 1 rings (SSSR count). The van der Waals surface area contributed by atoms with Crippen molar-refractivity contribution in [2.45, 2.75) is 26.7 Å². The van der Waals surface area contributed by atoms with E-state index in [1.54, 1.807) is 0 Å². The van der Waals surface area contributed by atoms with Crippen molar-refractivity contribution < 1.29 is 9.53 Å². The summed E-state index contributed by atoms with van der Waals surface area (Å²) in [6, 6.07) is 0. The van der Waals surface area contributed by atoms with Gasteiger partial charge in [0.05, 0.1) is 6.61 Å². The summed E-state index contributed by atoms with van der Waals surface area (Å²) in [5, 5.41) is 0. The SMILES string of the molecule is CCN(CC1CCOC1)C(=O)C(C)CCN. The second kappa shape index (κ2) is 6.86. The normalized spacial score (nSPS) is 22.1. The Bertz CT molecular complexity index is 215. The van der Waals surface area contributed by atoms with Gasteiger partial charge in [-0.15, -0.1) is 0 Å². The van der Waals surface area contributed by atoms with Crippen LogP contribution in [-0.4, -0.2) is 43.7 Å².